The average molecular weight is 279 g/mol. The molecule has 0 aliphatic carbocycles. The summed E-state index contributed by atoms with van der Waals surface area (Å²) in [7, 11) is 4.36. The molecule has 0 atom stereocenters. The van der Waals surface area contributed by atoms with E-state index in [0.717, 1.165) is 11.0 Å². The van der Waals surface area contributed by atoms with E-state index in [1.54, 1.807) is 5.56 Å². The first-order valence-electron chi connectivity index (χ1n) is 5.61. The number of aromatic nitrogens is 1. The van der Waals surface area contributed by atoms with E-state index in [1.165, 1.54) is 29.6 Å². The molecule has 0 spiro atoms. The Balaban J connectivity index is 2.31. The number of aryl methyl sites for hydroxylation is 1. The maximum absolute atomic E-state index is 3.55. The van der Waals surface area contributed by atoms with Crippen LogP contribution in [0.5, 0.6) is 0 Å². The number of fused-ring (bicyclic) bond motifs is 3. The molecule has 0 saturated carbocycles. The molecular weight excluding hydrogens is 264 g/mol. The van der Waals surface area contributed by atoms with Crippen molar-refractivity contribution < 1.29 is 0 Å². The number of rotatable bonds is 0. The lowest BCUT2D eigenvalue weighted by molar-refractivity contribution is 0.305. The molecule has 0 unspecified atom stereocenters. The summed E-state index contributed by atoms with van der Waals surface area (Å²) in [6.07, 6.45) is 1.17. The van der Waals surface area contributed by atoms with Crippen LogP contribution >= 0.6 is 15.9 Å². The van der Waals surface area contributed by atoms with E-state index in [9.17, 15) is 0 Å². The van der Waals surface area contributed by atoms with Crippen LogP contribution in [-0.2, 0) is 20.0 Å². The summed E-state index contributed by atoms with van der Waals surface area (Å²) in [5, 5.41) is 1.42. The number of nitrogens with zero attached hydrogens (tertiary/aromatic N) is 2. The molecule has 1 aliphatic rings. The van der Waals surface area contributed by atoms with Crippen LogP contribution < -0.4 is 0 Å². The summed E-state index contributed by atoms with van der Waals surface area (Å²) in [5.74, 6) is 0. The highest BCUT2D eigenvalue weighted by molar-refractivity contribution is 9.10. The Morgan fingerprint density at radius 1 is 1.25 bits per heavy atom. The molecule has 1 aromatic heterocycles. The summed E-state index contributed by atoms with van der Waals surface area (Å²) in [6, 6.07) is 6.60. The van der Waals surface area contributed by atoms with Gasteiger partial charge in [0.15, 0.2) is 0 Å². The second kappa shape index (κ2) is 3.60. The molecule has 0 amide bonds. The highest BCUT2D eigenvalue weighted by Gasteiger charge is 2.20. The van der Waals surface area contributed by atoms with E-state index in [1.807, 2.05) is 0 Å². The minimum Gasteiger partial charge on any atom is -0.346 e. The standard InChI is InChI=1S/C13H15BrN2/c1-15-6-5-11-10-4-3-9(14)7-12(10)16(2)13(11)8-15/h3-4,7H,5-6,8H2,1-2H3. The topological polar surface area (TPSA) is 8.17 Å². The van der Waals surface area contributed by atoms with Gasteiger partial charge >= 0.3 is 0 Å². The number of likely N-dealkylation sites (N-methyl/N-ethyl adjacent to an activating group) is 1. The fraction of sp³-hybridized carbons (Fsp3) is 0.385. The number of hydrogen-bond donors (Lipinski definition) is 0. The predicted octanol–water partition coefficient (Wildman–Crippen LogP) is 2.93. The Kier molecular flexibility index (Phi) is 2.33. The molecule has 0 saturated heterocycles. The fourth-order valence-electron chi connectivity index (χ4n) is 2.66. The van der Waals surface area contributed by atoms with Crippen LogP contribution in [0.15, 0.2) is 22.7 Å². The molecule has 0 radical (unpaired) electrons. The number of hydrogen-bond acceptors (Lipinski definition) is 1. The van der Waals surface area contributed by atoms with Crippen molar-refractivity contribution >= 4 is 26.8 Å². The zero-order valence-corrected chi connectivity index (χ0v) is 11.2. The minimum absolute atomic E-state index is 1.07. The third-order valence-electron chi connectivity index (χ3n) is 3.56. The van der Waals surface area contributed by atoms with Gasteiger partial charge in [0.2, 0.25) is 0 Å². The van der Waals surface area contributed by atoms with Crippen molar-refractivity contribution in [2.45, 2.75) is 13.0 Å². The zero-order chi connectivity index (χ0) is 11.3. The SMILES string of the molecule is CN1CCc2c(n(C)c3cc(Br)ccc23)C1. The Bertz CT molecular complexity index is 557. The van der Waals surface area contributed by atoms with Crippen molar-refractivity contribution in [3.63, 3.8) is 0 Å². The van der Waals surface area contributed by atoms with Crippen LogP contribution in [0.3, 0.4) is 0 Å². The molecule has 16 heavy (non-hydrogen) atoms. The summed E-state index contributed by atoms with van der Waals surface area (Å²) in [6.45, 7) is 2.24. The Hall–Kier alpha value is -0.800. The molecule has 2 aromatic rings. The highest BCUT2D eigenvalue weighted by Crippen LogP contribution is 2.31. The Morgan fingerprint density at radius 3 is 2.88 bits per heavy atom. The lowest BCUT2D eigenvalue weighted by Gasteiger charge is -2.23. The van der Waals surface area contributed by atoms with Gasteiger partial charge in [0.25, 0.3) is 0 Å². The first-order chi connectivity index (χ1) is 7.66. The van der Waals surface area contributed by atoms with E-state index in [0.29, 0.717) is 0 Å². The van der Waals surface area contributed by atoms with E-state index in [-0.39, 0.29) is 0 Å². The van der Waals surface area contributed by atoms with E-state index >= 15 is 0 Å². The van der Waals surface area contributed by atoms with Crippen molar-refractivity contribution in [2.24, 2.45) is 7.05 Å². The van der Waals surface area contributed by atoms with E-state index in [2.05, 4.69) is 57.7 Å². The van der Waals surface area contributed by atoms with Crippen LogP contribution in [0.1, 0.15) is 11.3 Å². The summed E-state index contributed by atoms with van der Waals surface area (Å²) in [4.78, 5) is 2.39. The molecule has 0 fully saturated rings. The van der Waals surface area contributed by atoms with Gasteiger partial charge in [-0.25, -0.2) is 0 Å². The lowest BCUT2D eigenvalue weighted by atomic mass is 10.0. The van der Waals surface area contributed by atoms with Gasteiger partial charge in [0, 0.05) is 41.2 Å². The van der Waals surface area contributed by atoms with Crippen molar-refractivity contribution in [2.75, 3.05) is 13.6 Å². The molecule has 3 rings (SSSR count). The average Bonchev–Trinajstić information content (AvgIpc) is 2.53. The number of halogens is 1. The third-order valence-corrected chi connectivity index (χ3v) is 4.06. The van der Waals surface area contributed by atoms with Crippen LogP contribution in [-0.4, -0.2) is 23.1 Å². The van der Waals surface area contributed by atoms with Gasteiger partial charge in [-0.05, 0) is 31.2 Å². The van der Waals surface area contributed by atoms with E-state index in [4.69, 9.17) is 0 Å². The highest BCUT2D eigenvalue weighted by atomic mass is 79.9. The predicted molar refractivity (Wildman–Crippen MR) is 70.7 cm³/mol. The largest absolute Gasteiger partial charge is 0.346 e. The molecule has 3 heteroatoms. The molecule has 1 aliphatic heterocycles. The van der Waals surface area contributed by atoms with E-state index < -0.39 is 0 Å². The quantitative estimate of drug-likeness (QED) is 0.720. The van der Waals surface area contributed by atoms with Gasteiger partial charge in [-0.3, -0.25) is 0 Å². The van der Waals surface area contributed by atoms with Gasteiger partial charge in [0.05, 0.1) is 0 Å². The van der Waals surface area contributed by atoms with Crippen LogP contribution in [0, 0.1) is 0 Å². The minimum atomic E-state index is 1.07. The first kappa shape index (κ1) is 10.4. The first-order valence-corrected chi connectivity index (χ1v) is 6.40. The lowest BCUT2D eigenvalue weighted by Crippen LogP contribution is -2.27. The van der Waals surface area contributed by atoms with Crippen LogP contribution in [0.2, 0.25) is 0 Å². The molecular formula is C13H15BrN2. The van der Waals surface area contributed by atoms with Crippen LogP contribution in [0.25, 0.3) is 10.9 Å². The van der Waals surface area contributed by atoms with Crippen LogP contribution in [0.4, 0.5) is 0 Å². The molecule has 0 N–H and O–H groups in total. The van der Waals surface area contributed by atoms with Gasteiger partial charge < -0.3 is 9.47 Å². The molecule has 2 nitrogen and oxygen atoms in total. The fourth-order valence-corrected chi connectivity index (χ4v) is 3.01. The Labute approximate surface area is 104 Å². The van der Waals surface area contributed by atoms with Gasteiger partial charge in [-0.15, -0.1) is 0 Å². The monoisotopic (exact) mass is 278 g/mol. The molecule has 1 aromatic carbocycles. The Morgan fingerprint density at radius 2 is 2.06 bits per heavy atom. The normalized spacial score (nSPS) is 16.7. The molecule has 84 valence electrons. The van der Waals surface area contributed by atoms with Crippen molar-refractivity contribution in [1.29, 1.82) is 0 Å². The third kappa shape index (κ3) is 1.42. The number of benzene rings is 1. The van der Waals surface area contributed by atoms with Crippen molar-refractivity contribution in [3.8, 4) is 0 Å². The van der Waals surface area contributed by atoms with Gasteiger partial charge in [-0.1, -0.05) is 22.0 Å². The summed E-state index contributed by atoms with van der Waals surface area (Å²) in [5.41, 5.74) is 4.36. The van der Waals surface area contributed by atoms with Crippen molar-refractivity contribution in [1.82, 2.24) is 9.47 Å². The summed E-state index contributed by atoms with van der Waals surface area (Å²) < 4.78 is 3.50. The molecule has 0 bridgehead atoms. The van der Waals surface area contributed by atoms with Gasteiger partial charge in [-0.2, -0.15) is 0 Å². The zero-order valence-electron chi connectivity index (χ0n) is 9.63. The maximum Gasteiger partial charge on any atom is 0.0494 e. The summed E-state index contributed by atoms with van der Waals surface area (Å²) >= 11 is 3.55. The second-order valence-electron chi connectivity index (χ2n) is 4.63. The van der Waals surface area contributed by atoms with Crippen molar-refractivity contribution in [3.05, 3.63) is 33.9 Å². The maximum atomic E-state index is 3.55. The smallest absolute Gasteiger partial charge is 0.0494 e. The molecule has 2 heterocycles. The second-order valence-corrected chi connectivity index (χ2v) is 5.55. The van der Waals surface area contributed by atoms with Gasteiger partial charge in [0.1, 0.15) is 0 Å².